The minimum Gasteiger partial charge on any atom is -0.340 e. The SMILES string of the molecule is N[C@@H]1CN(c2nc3ccccc3n2Cc2ncc(C(F)(F)F)cn2)CCC1F. The van der Waals surface area contributed by atoms with Crippen molar-refractivity contribution >= 4 is 17.0 Å². The lowest BCUT2D eigenvalue weighted by molar-refractivity contribution is -0.138. The van der Waals surface area contributed by atoms with Crippen molar-refractivity contribution in [2.24, 2.45) is 5.73 Å². The van der Waals surface area contributed by atoms with Gasteiger partial charge >= 0.3 is 6.18 Å². The van der Waals surface area contributed by atoms with Crippen LogP contribution in [-0.4, -0.2) is 44.8 Å². The minimum absolute atomic E-state index is 0.138. The normalized spacial score (nSPS) is 20.7. The van der Waals surface area contributed by atoms with E-state index in [0.717, 1.165) is 23.4 Å². The van der Waals surface area contributed by atoms with Crippen LogP contribution in [0.3, 0.4) is 0 Å². The van der Waals surface area contributed by atoms with Crippen molar-refractivity contribution in [3.8, 4) is 0 Å². The van der Waals surface area contributed by atoms with Gasteiger partial charge in [0.15, 0.2) is 0 Å². The van der Waals surface area contributed by atoms with Crippen LogP contribution in [0.4, 0.5) is 23.5 Å². The molecule has 3 aromatic rings. The highest BCUT2D eigenvalue weighted by Crippen LogP contribution is 2.29. The number of nitrogens with zero attached hydrogens (tertiary/aromatic N) is 5. The predicted octanol–water partition coefficient (Wildman–Crippen LogP) is 2.77. The number of aromatic nitrogens is 4. The fourth-order valence-corrected chi connectivity index (χ4v) is 3.32. The monoisotopic (exact) mass is 394 g/mol. The molecule has 0 amide bonds. The number of halogens is 4. The van der Waals surface area contributed by atoms with Crippen LogP contribution in [0.25, 0.3) is 11.0 Å². The third-order valence-corrected chi connectivity index (χ3v) is 4.82. The Hall–Kier alpha value is -2.75. The lowest BCUT2D eigenvalue weighted by Crippen LogP contribution is -2.50. The van der Waals surface area contributed by atoms with Crippen molar-refractivity contribution in [3.63, 3.8) is 0 Å². The molecule has 2 aromatic heterocycles. The van der Waals surface area contributed by atoms with Gasteiger partial charge in [0, 0.05) is 25.5 Å². The second-order valence-corrected chi connectivity index (χ2v) is 6.79. The molecule has 0 spiro atoms. The topological polar surface area (TPSA) is 72.9 Å². The molecule has 2 atom stereocenters. The number of alkyl halides is 4. The summed E-state index contributed by atoms with van der Waals surface area (Å²) >= 11 is 0. The van der Waals surface area contributed by atoms with Gasteiger partial charge in [0.05, 0.1) is 29.2 Å². The Kier molecular flexibility index (Phi) is 4.66. The maximum Gasteiger partial charge on any atom is 0.419 e. The molecule has 4 rings (SSSR count). The number of hydrogen-bond donors (Lipinski definition) is 1. The van der Waals surface area contributed by atoms with Gasteiger partial charge in [-0.25, -0.2) is 19.3 Å². The van der Waals surface area contributed by atoms with Gasteiger partial charge in [0.1, 0.15) is 12.0 Å². The summed E-state index contributed by atoms with van der Waals surface area (Å²) in [6, 6.07) is 6.77. The van der Waals surface area contributed by atoms with Crippen molar-refractivity contribution in [1.29, 1.82) is 0 Å². The average Bonchev–Trinajstić information content (AvgIpc) is 3.02. The van der Waals surface area contributed by atoms with E-state index >= 15 is 0 Å². The van der Waals surface area contributed by atoms with Gasteiger partial charge in [-0.2, -0.15) is 13.2 Å². The Balaban J connectivity index is 1.69. The molecule has 1 aromatic carbocycles. The van der Waals surface area contributed by atoms with Gasteiger partial charge in [0.2, 0.25) is 5.95 Å². The Labute approximate surface area is 158 Å². The van der Waals surface area contributed by atoms with Crippen LogP contribution in [0.5, 0.6) is 0 Å². The smallest absolute Gasteiger partial charge is 0.340 e. The highest BCUT2D eigenvalue weighted by molar-refractivity contribution is 5.79. The fourth-order valence-electron chi connectivity index (χ4n) is 3.32. The Bertz CT molecular complexity index is 968. The van der Waals surface area contributed by atoms with Gasteiger partial charge in [0.25, 0.3) is 0 Å². The van der Waals surface area contributed by atoms with Crippen molar-refractivity contribution in [1.82, 2.24) is 19.5 Å². The van der Waals surface area contributed by atoms with Crippen LogP contribution < -0.4 is 10.6 Å². The fraction of sp³-hybridized carbons (Fsp3) is 0.389. The molecule has 10 heteroatoms. The van der Waals surface area contributed by atoms with Crippen molar-refractivity contribution in [3.05, 3.63) is 48.0 Å². The lowest BCUT2D eigenvalue weighted by atomic mass is 10.1. The van der Waals surface area contributed by atoms with Crippen LogP contribution in [0.1, 0.15) is 17.8 Å². The zero-order valence-electron chi connectivity index (χ0n) is 14.8. The molecule has 148 valence electrons. The average molecular weight is 394 g/mol. The Morgan fingerprint density at radius 2 is 1.86 bits per heavy atom. The number of imidazole rings is 1. The molecular formula is C18H18F4N6. The van der Waals surface area contributed by atoms with Crippen LogP contribution in [-0.2, 0) is 12.7 Å². The molecule has 1 aliphatic heterocycles. The van der Waals surface area contributed by atoms with Gasteiger partial charge in [-0.1, -0.05) is 12.1 Å². The van der Waals surface area contributed by atoms with Crippen LogP contribution in [0.2, 0.25) is 0 Å². The quantitative estimate of drug-likeness (QED) is 0.692. The molecule has 0 aliphatic carbocycles. The van der Waals surface area contributed by atoms with E-state index in [4.69, 9.17) is 5.73 Å². The molecule has 1 aliphatic rings. The standard InChI is InChI=1S/C18H18F4N6/c19-12-5-6-27(9-13(12)23)17-26-14-3-1-2-4-15(14)28(17)10-16-24-7-11(8-25-16)18(20,21)22/h1-4,7-8,12-13H,5-6,9-10,23H2/t12?,13-/m1/s1. The molecule has 28 heavy (non-hydrogen) atoms. The van der Waals surface area contributed by atoms with E-state index < -0.39 is 24.0 Å². The second-order valence-electron chi connectivity index (χ2n) is 6.79. The minimum atomic E-state index is -4.49. The van der Waals surface area contributed by atoms with Gasteiger partial charge in [-0.3, -0.25) is 0 Å². The third kappa shape index (κ3) is 3.51. The van der Waals surface area contributed by atoms with Gasteiger partial charge in [-0.15, -0.1) is 0 Å². The number of nitrogens with two attached hydrogens (primary N) is 1. The first-order chi connectivity index (χ1) is 13.3. The first-order valence-corrected chi connectivity index (χ1v) is 8.81. The zero-order valence-corrected chi connectivity index (χ0v) is 14.8. The molecule has 0 bridgehead atoms. The molecular weight excluding hydrogens is 376 g/mol. The molecule has 0 radical (unpaired) electrons. The molecule has 6 nitrogen and oxygen atoms in total. The van der Waals surface area contributed by atoms with Crippen molar-refractivity contribution in [2.45, 2.75) is 31.4 Å². The highest BCUT2D eigenvalue weighted by Gasteiger charge is 2.32. The number of rotatable bonds is 3. The third-order valence-electron chi connectivity index (χ3n) is 4.82. The number of fused-ring (bicyclic) bond motifs is 1. The van der Waals surface area contributed by atoms with Crippen LogP contribution in [0, 0.1) is 0 Å². The van der Waals surface area contributed by atoms with E-state index in [1.54, 1.807) is 0 Å². The highest BCUT2D eigenvalue weighted by atomic mass is 19.4. The van der Waals surface area contributed by atoms with E-state index in [1.165, 1.54) is 0 Å². The molecule has 1 saturated heterocycles. The summed E-state index contributed by atoms with van der Waals surface area (Å²) in [5, 5.41) is 0. The molecule has 0 saturated carbocycles. The second kappa shape index (κ2) is 7.01. The number of anilines is 1. The van der Waals surface area contributed by atoms with Crippen LogP contribution in [0.15, 0.2) is 36.7 Å². The van der Waals surface area contributed by atoms with E-state index in [0.29, 0.717) is 25.5 Å². The largest absolute Gasteiger partial charge is 0.419 e. The summed E-state index contributed by atoms with van der Waals surface area (Å²) in [6.45, 7) is 0.892. The van der Waals surface area contributed by atoms with Gasteiger partial charge in [-0.05, 0) is 18.6 Å². The summed E-state index contributed by atoms with van der Waals surface area (Å²) in [6.07, 6.45) is -3.72. The molecule has 3 heterocycles. The molecule has 1 fully saturated rings. The molecule has 1 unspecified atom stereocenters. The van der Waals surface area contributed by atoms with Crippen LogP contribution >= 0.6 is 0 Å². The van der Waals surface area contributed by atoms with E-state index in [1.807, 2.05) is 33.7 Å². The first kappa shape index (κ1) is 18.6. The first-order valence-electron chi connectivity index (χ1n) is 8.81. The van der Waals surface area contributed by atoms with E-state index in [2.05, 4.69) is 15.0 Å². The summed E-state index contributed by atoms with van der Waals surface area (Å²) in [4.78, 5) is 14.2. The number of para-hydroxylation sites is 2. The van der Waals surface area contributed by atoms with Crippen molar-refractivity contribution in [2.75, 3.05) is 18.0 Å². The van der Waals surface area contributed by atoms with E-state index in [9.17, 15) is 17.6 Å². The van der Waals surface area contributed by atoms with Gasteiger partial charge < -0.3 is 15.2 Å². The maximum absolute atomic E-state index is 13.8. The molecule has 2 N–H and O–H groups in total. The summed E-state index contributed by atoms with van der Waals surface area (Å²) in [7, 11) is 0. The Morgan fingerprint density at radius 1 is 1.14 bits per heavy atom. The lowest BCUT2D eigenvalue weighted by Gasteiger charge is -2.34. The predicted molar refractivity (Wildman–Crippen MR) is 95.6 cm³/mol. The summed E-state index contributed by atoms with van der Waals surface area (Å²) < 4.78 is 53.8. The zero-order chi connectivity index (χ0) is 19.9. The van der Waals surface area contributed by atoms with E-state index in [-0.39, 0.29) is 12.4 Å². The number of hydrogen-bond acceptors (Lipinski definition) is 5. The summed E-state index contributed by atoms with van der Waals surface area (Å²) in [5.74, 6) is 0.800. The summed E-state index contributed by atoms with van der Waals surface area (Å²) in [5.41, 5.74) is 6.49. The van der Waals surface area contributed by atoms with Crippen molar-refractivity contribution < 1.29 is 17.6 Å². The number of piperidine rings is 1. The number of benzene rings is 1. The Morgan fingerprint density at radius 3 is 2.54 bits per heavy atom. The maximum atomic E-state index is 13.8.